The summed E-state index contributed by atoms with van der Waals surface area (Å²) in [6.07, 6.45) is 6.05. The fourth-order valence-corrected chi connectivity index (χ4v) is 3.11. The summed E-state index contributed by atoms with van der Waals surface area (Å²) in [6, 6.07) is 10.4. The molecule has 1 amide bonds. The predicted molar refractivity (Wildman–Crippen MR) is 93.5 cm³/mol. The molecule has 3 rings (SSSR count). The molecule has 1 aromatic heterocycles. The Morgan fingerprint density at radius 3 is 3.00 bits per heavy atom. The van der Waals surface area contributed by atoms with E-state index in [4.69, 9.17) is 4.42 Å². The second-order valence-electron chi connectivity index (χ2n) is 6.37. The Morgan fingerprint density at radius 1 is 1.42 bits per heavy atom. The summed E-state index contributed by atoms with van der Waals surface area (Å²) in [6.45, 7) is 5.91. The van der Waals surface area contributed by atoms with Crippen molar-refractivity contribution in [3.05, 3.63) is 59.8 Å². The number of nitrogens with one attached hydrogen (secondary N) is 1. The zero-order chi connectivity index (χ0) is 16.8. The fraction of sp³-hybridized carbons (Fsp3) is 0.368. The number of carbonyl (C=O) groups is 1. The molecule has 5 nitrogen and oxygen atoms in total. The third kappa shape index (κ3) is 4.55. The van der Waals surface area contributed by atoms with Crippen LogP contribution in [0.1, 0.15) is 29.5 Å². The summed E-state index contributed by atoms with van der Waals surface area (Å²) < 4.78 is 5.00. The molecule has 1 fully saturated rings. The third-order valence-electron chi connectivity index (χ3n) is 4.26. The normalized spacial score (nSPS) is 18.7. The smallest absolute Gasteiger partial charge is 0.288 e. The molecule has 1 N–H and O–H groups in total. The molecule has 0 radical (unpaired) electrons. The Morgan fingerprint density at radius 2 is 2.25 bits per heavy atom. The first-order valence-corrected chi connectivity index (χ1v) is 8.32. The van der Waals surface area contributed by atoms with E-state index in [9.17, 15) is 4.79 Å². The van der Waals surface area contributed by atoms with Gasteiger partial charge in [0.1, 0.15) is 0 Å². The second-order valence-corrected chi connectivity index (χ2v) is 6.37. The quantitative estimate of drug-likeness (QED) is 0.887. The van der Waals surface area contributed by atoms with Gasteiger partial charge in [-0.25, -0.2) is 4.98 Å². The molecule has 0 unspecified atom stereocenters. The molecule has 1 aromatic carbocycles. The number of aromatic nitrogens is 1. The molecule has 1 saturated heterocycles. The van der Waals surface area contributed by atoms with Crippen molar-refractivity contribution in [3.63, 3.8) is 0 Å². The topological polar surface area (TPSA) is 58.4 Å². The number of carbonyl (C=O) groups excluding carboxylic acids is 1. The average molecular weight is 325 g/mol. The zero-order valence-corrected chi connectivity index (χ0v) is 13.9. The van der Waals surface area contributed by atoms with E-state index in [2.05, 4.69) is 52.5 Å². The van der Waals surface area contributed by atoms with Crippen molar-refractivity contribution in [1.29, 1.82) is 0 Å². The summed E-state index contributed by atoms with van der Waals surface area (Å²) in [5, 5.41) is 2.93. The molecule has 0 spiro atoms. The van der Waals surface area contributed by atoms with Gasteiger partial charge in [0.05, 0.1) is 6.20 Å². The summed E-state index contributed by atoms with van der Waals surface area (Å²) in [5.74, 6) is 0.569. The Labute approximate surface area is 142 Å². The first-order valence-electron chi connectivity index (χ1n) is 8.32. The number of benzene rings is 1. The van der Waals surface area contributed by atoms with E-state index in [-0.39, 0.29) is 11.7 Å². The van der Waals surface area contributed by atoms with Gasteiger partial charge < -0.3 is 9.73 Å². The van der Waals surface area contributed by atoms with Gasteiger partial charge in [-0.1, -0.05) is 42.0 Å². The van der Waals surface area contributed by atoms with Crippen LogP contribution in [0.15, 0.2) is 52.9 Å². The molecular formula is C19H23N3O2. The Hall–Kier alpha value is -2.40. The average Bonchev–Trinajstić information content (AvgIpc) is 3.25. The largest absolute Gasteiger partial charge is 0.438 e. The monoisotopic (exact) mass is 325 g/mol. The van der Waals surface area contributed by atoms with Crippen molar-refractivity contribution < 1.29 is 9.21 Å². The van der Waals surface area contributed by atoms with Gasteiger partial charge in [-0.05, 0) is 31.4 Å². The number of likely N-dealkylation sites (tertiary alicyclic amines) is 1. The van der Waals surface area contributed by atoms with Crippen LogP contribution >= 0.6 is 0 Å². The SMILES string of the molecule is C/C(=C\c1ccccc1)CN1CC[C@H](CNC(=O)c2cnco2)C1. The molecule has 0 bridgehead atoms. The highest BCUT2D eigenvalue weighted by atomic mass is 16.3. The van der Waals surface area contributed by atoms with E-state index in [1.807, 2.05) is 6.07 Å². The van der Waals surface area contributed by atoms with Crippen LogP contribution in [0.2, 0.25) is 0 Å². The maximum absolute atomic E-state index is 11.9. The molecule has 1 aliphatic rings. The van der Waals surface area contributed by atoms with Gasteiger partial charge in [0.2, 0.25) is 5.76 Å². The van der Waals surface area contributed by atoms with Crippen LogP contribution in [0.3, 0.4) is 0 Å². The first kappa shape index (κ1) is 16.5. The number of nitrogens with zero attached hydrogens (tertiary/aromatic N) is 2. The van der Waals surface area contributed by atoms with Gasteiger partial charge in [0.15, 0.2) is 6.39 Å². The van der Waals surface area contributed by atoms with Gasteiger partial charge in [0.25, 0.3) is 5.91 Å². The first-order chi connectivity index (χ1) is 11.7. The molecule has 24 heavy (non-hydrogen) atoms. The number of amides is 1. The highest BCUT2D eigenvalue weighted by Gasteiger charge is 2.23. The lowest BCUT2D eigenvalue weighted by molar-refractivity contribution is 0.0919. The van der Waals surface area contributed by atoms with Crippen molar-refractivity contribution in [3.8, 4) is 0 Å². The van der Waals surface area contributed by atoms with E-state index < -0.39 is 0 Å². The lowest BCUT2D eigenvalue weighted by Crippen LogP contribution is -2.31. The van der Waals surface area contributed by atoms with Crippen LogP contribution in [0, 0.1) is 5.92 Å². The maximum atomic E-state index is 11.9. The lowest BCUT2D eigenvalue weighted by atomic mass is 10.1. The standard InChI is InChI=1S/C19H23N3O2/c1-15(9-16-5-3-2-4-6-16)12-22-8-7-17(13-22)10-21-19(23)18-11-20-14-24-18/h2-6,9,11,14,17H,7-8,10,12-13H2,1H3,(H,21,23)/b15-9+/t17-/m1/s1. The van der Waals surface area contributed by atoms with Gasteiger partial charge >= 0.3 is 0 Å². The van der Waals surface area contributed by atoms with Gasteiger partial charge in [-0.15, -0.1) is 0 Å². The molecule has 5 heteroatoms. The zero-order valence-electron chi connectivity index (χ0n) is 13.9. The fourth-order valence-electron chi connectivity index (χ4n) is 3.11. The minimum atomic E-state index is -0.189. The Balaban J connectivity index is 1.44. The molecule has 0 aliphatic carbocycles. The Kier molecular flexibility index (Phi) is 5.43. The van der Waals surface area contributed by atoms with E-state index >= 15 is 0 Å². The molecule has 0 saturated carbocycles. The van der Waals surface area contributed by atoms with Crippen molar-refractivity contribution in [2.45, 2.75) is 13.3 Å². The van der Waals surface area contributed by atoms with Crippen molar-refractivity contribution >= 4 is 12.0 Å². The molecule has 2 aromatic rings. The number of hydrogen-bond donors (Lipinski definition) is 1. The summed E-state index contributed by atoms with van der Waals surface area (Å²) in [4.78, 5) is 18.1. The molecule has 1 atom stereocenters. The predicted octanol–water partition coefficient (Wildman–Crippen LogP) is 2.83. The van der Waals surface area contributed by atoms with Crippen LogP contribution in [-0.4, -0.2) is 42.0 Å². The van der Waals surface area contributed by atoms with Crippen LogP contribution in [0.5, 0.6) is 0 Å². The van der Waals surface area contributed by atoms with Crippen LogP contribution in [-0.2, 0) is 0 Å². The number of oxazole rings is 1. The summed E-state index contributed by atoms with van der Waals surface area (Å²) in [5.41, 5.74) is 2.60. The lowest BCUT2D eigenvalue weighted by Gasteiger charge is -2.16. The van der Waals surface area contributed by atoms with E-state index in [1.165, 1.54) is 23.7 Å². The number of hydrogen-bond acceptors (Lipinski definition) is 4. The van der Waals surface area contributed by atoms with Crippen molar-refractivity contribution in [1.82, 2.24) is 15.2 Å². The van der Waals surface area contributed by atoms with Crippen molar-refractivity contribution in [2.75, 3.05) is 26.2 Å². The molecule has 1 aliphatic heterocycles. The minimum absolute atomic E-state index is 0.189. The highest BCUT2D eigenvalue weighted by Crippen LogP contribution is 2.17. The maximum Gasteiger partial charge on any atom is 0.288 e. The summed E-state index contributed by atoms with van der Waals surface area (Å²) in [7, 11) is 0. The summed E-state index contributed by atoms with van der Waals surface area (Å²) >= 11 is 0. The molecular weight excluding hydrogens is 302 g/mol. The minimum Gasteiger partial charge on any atom is -0.438 e. The second kappa shape index (κ2) is 7.93. The van der Waals surface area contributed by atoms with Crippen LogP contribution in [0.4, 0.5) is 0 Å². The van der Waals surface area contributed by atoms with E-state index in [0.717, 1.165) is 26.1 Å². The van der Waals surface area contributed by atoms with Crippen molar-refractivity contribution in [2.24, 2.45) is 5.92 Å². The molecule has 2 heterocycles. The van der Waals surface area contributed by atoms with E-state index in [0.29, 0.717) is 12.5 Å². The third-order valence-corrected chi connectivity index (χ3v) is 4.26. The number of rotatable bonds is 6. The van der Waals surface area contributed by atoms with Crippen LogP contribution in [0.25, 0.3) is 6.08 Å². The van der Waals surface area contributed by atoms with Gasteiger partial charge in [0, 0.05) is 19.6 Å². The van der Waals surface area contributed by atoms with E-state index in [1.54, 1.807) is 0 Å². The molecule has 126 valence electrons. The Bertz CT molecular complexity index is 680. The van der Waals surface area contributed by atoms with Gasteiger partial charge in [-0.3, -0.25) is 9.69 Å². The van der Waals surface area contributed by atoms with Gasteiger partial charge in [-0.2, -0.15) is 0 Å². The highest BCUT2D eigenvalue weighted by molar-refractivity contribution is 5.90. The van der Waals surface area contributed by atoms with Crippen LogP contribution < -0.4 is 5.32 Å².